The van der Waals surface area contributed by atoms with E-state index < -0.39 is 0 Å². The van der Waals surface area contributed by atoms with Crippen LogP contribution in [-0.4, -0.2) is 14.5 Å². The van der Waals surface area contributed by atoms with E-state index in [9.17, 15) is 0 Å². The van der Waals surface area contributed by atoms with Gasteiger partial charge in [-0.3, -0.25) is 4.57 Å². The van der Waals surface area contributed by atoms with Crippen LogP contribution in [0.4, 0.5) is 17.1 Å². The topological polar surface area (TPSA) is 34.0 Å². The zero-order chi connectivity index (χ0) is 38.9. The van der Waals surface area contributed by atoms with Gasteiger partial charge in [-0.05, 0) is 76.0 Å². The Balaban J connectivity index is 1.10. The van der Waals surface area contributed by atoms with Crippen LogP contribution in [0.3, 0.4) is 0 Å². The number of benzene rings is 9. The zero-order valence-electron chi connectivity index (χ0n) is 31.8. The summed E-state index contributed by atoms with van der Waals surface area (Å²) in [5.74, 6) is 0.644. The van der Waals surface area contributed by atoms with E-state index in [4.69, 9.17) is 9.97 Å². The van der Waals surface area contributed by atoms with E-state index in [-0.39, 0.29) is 0 Å². The fraction of sp³-hybridized carbons (Fsp3) is 0. The summed E-state index contributed by atoms with van der Waals surface area (Å²) in [6, 6.07) is 73.8. The van der Waals surface area contributed by atoms with Gasteiger partial charge in [0.05, 0.1) is 33.6 Å². The molecule has 0 aliphatic carbocycles. The molecule has 0 bridgehead atoms. The van der Waals surface area contributed by atoms with Crippen LogP contribution in [0.25, 0.3) is 82.9 Å². The molecule has 0 fully saturated rings. The molecule has 0 saturated heterocycles. The second-order valence-electron chi connectivity index (χ2n) is 15.0. The van der Waals surface area contributed by atoms with Gasteiger partial charge in [0.1, 0.15) is 0 Å². The smallest absolute Gasteiger partial charge is 0.235 e. The van der Waals surface area contributed by atoms with Crippen LogP contribution in [-0.2, 0) is 0 Å². The summed E-state index contributed by atoms with van der Waals surface area (Å²) >= 11 is 1.83. The third kappa shape index (κ3) is 5.47. The van der Waals surface area contributed by atoms with Gasteiger partial charge >= 0.3 is 0 Å². The van der Waals surface area contributed by atoms with Gasteiger partial charge in [0, 0.05) is 42.8 Å². The molecule has 0 spiro atoms. The lowest BCUT2D eigenvalue weighted by molar-refractivity contribution is 1.01. The summed E-state index contributed by atoms with van der Waals surface area (Å²) in [5, 5.41) is 5.79. The minimum Gasteiger partial charge on any atom is -0.308 e. The van der Waals surface area contributed by atoms with E-state index in [0.717, 1.165) is 50.0 Å². The lowest BCUT2D eigenvalue weighted by atomic mass is 9.99. The zero-order valence-corrected chi connectivity index (χ0v) is 32.6. The maximum absolute atomic E-state index is 5.51. The Morgan fingerprint density at radius 3 is 1.95 bits per heavy atom. The predicted molar refractivity (Wildman–Crippen MR) is 246 cm³/mol. The van der Waals surface area contributed by atoms with Crippen molar-refractivity contribution in [1.29, 1.82) is 0 Å². The third-order valence-electron chi connectivity index (χ3n) is 11.6. The highest BCUT2D eigenvalue weighted by atomic mass is 32.2. The molecule has 0 atom stereocenters. The van der Waals surface area contributed by atoms with Gasteiger partial charge in [0.25, 0.3) is 0 Å². The van der Waals surface area contributed by atoms with Gasteiger partial charge < -0.3 is 4.90 Å². The molecule has 4 nitrogen and oxygen atoms in total. The van der Waals surface area contributed by atoms with E-state index in [1.54, 1.807) is 0 Å². The van der Waals surface area contributed by atoms with Crippen molar-refractivity contribution in [3.8, 4) is 39.5 Å². The van der Waals surface area contributed by atoms with Gasteiger partial charge in [-0.2, -0.15) is 0 Å². The van der Waals surface area contributed by atoms with Crippen LogP contribution in [0.15, 0.2) is 216 Å². The lowest BCUT2D eigenvalue weighted by Gasteiger charge is -2.33. The monoisotopic (exact) mass is 770 g/mol. The number of nitrogens with zero attached hydrogens (tertiary/aromatic N) is 4. The number of para-hydroxylation sites is 4. The van der Waals surface area contributed by atoms with Crippen LogP contribution < -0.4 is 4.90 Å². The lowest BCUT2D eigenvalue weighted by Crippen LogP contribution is -2.14. The third-order valence-corrected chi connectivity index (χ3v) is 12.7. The van der Waals surface area contributed by atoms with Gasteiger partial charge in [0.2, 0.25) is 5.95 Å². The van der Waals surface area contributed by atoms with Crippen molar-refractivity contribution in [2.45, 2.75) is 9.79 Å². The first-order valence-corrected chi connectivity index (χ1v) is 20.7. The molecular weight excluding hydrogens is 737 g/mol. The van der Waals surface area contributed by atoms with Crippen LogP contribution in [0.2, 0.25) is 0 Å². The molecule has 12 rings (SSSR count). The predicted octanol–water partition coefficient (Wildman–Crippen LogP) is 14.8. The van der Waals surface area contributed by atoms with Crippen LogP contribution >= 0.6 is 11.8 Å². The minimum absolute atomic E-state index is 0.644. The second-order valence-corrected chi connectivity index (χ2v) is 16.1. The fourth-order valence-corrected chi connectivity index (χ4v) is 9.99. The van der Waals surface area contributed by atoms with Crippen molar-refractivity contribution >= 4 is 72.3 Å². The molecule has 3 heterocycles. The van der Waals surface area contributed by atoms with E-state index in [0.29, 0.717) is 5.95 Å². The summed E-state index contributed by atoms with van der Waals surface area (Å²) in [5.41, 5.74) is 13.1. The van der Waals surface area contributed by atoms with Crippen LogP contribution in [0.5, 0.6) is 0 Å². The molecule has 0 saturated carbocycles. The molecule has 11 aromatic rings. The Hall–Kier alpha value is -7.47. The molecule has 0 radical (unpaired) electrons. The number of fused-ring (bicyclic) bond motifs is 8. The summed E-state index contributed by atoms with van der Waals surface area (Å²) in [7, 11) is 0. The summed E-state index contributed by atoms with van der Waals surface area (Å²) in [4.78, 5) is 15.7. The molecule has 1 aliphatic heterocycles. The molecule has 0 unspecified atom stereocenters. The molecule has 2 aromatic heterocycles. The van der Waals surface area contributed by atoms with Gasteiger partial charge in [-0.1, -0.05) is 169 Å². The summed E-state index contributed by atoms with van der Waals surface area (Å²) in [6.07, 6.45) is 0. The molecule has 5 heteroatoms. The Bertz CT molecular complexity index is 3410. The molecule has 0 amide bonds. The molecule has 276 valence electrons. The first kappa shape index (κ1) is 33.6. The average Bonchev–Trinajstić information content (AvgIpc) is 3.66. The maximum atomic E-state index is 5.51. The van der Waals surface area contributed by atoms with Crippen LogP contribution in [0.1, 0.15) is 0 Å². The summed E-state index contributed by atoms with van der Waals surface area (Å²) < 4.78 is 2.30. The quantitative estimate of drug-likeness (QED) is 0.175. The SMILES string of the molecule is c1ccc(-c2ccc(-c3nc(-n4c5ccc6ccccc6c5c5cccc(-c6ccc7c(c6)Sc6ccccc6N7c6ccccc6)c54)nc4ccccc34)cc2)cc1. The minimum atomic E-state index is 0.644. The molecule has 1 aliphatic rings. The molecule has 9 aromatic carbocycles. The van der Waals surface area contributed by atoms with E-state index in [1.807, 2.05) is 11.8 Å². The summed E-state index contributed by atoms with van der Waals surface area (Å²) in [6.45, 7) is 0. The standard InChI is InChI=1S/C54H34N4S/c1-3-14-35(15-4-1)36-26-28-38(29-27-36)52-43-20-9-10-23-45(43)55-54(56-52)58-48-33-30-37-16-7-8-19-41(37)51(48)44-22-13-21-42(53(44)58)39-31-32-47-50(34-39)59-49-25-12-11-24-46(49)57(47)40-17-5-2-6-18-40/h1-34H. The van der Waals surface area contributed by atoms with Crippen molar-refractivity contribution in [1.82, 2.24) is 14.5 Å². The fourth-order valence-electron chi connectivity index (χ4n) is 8.89. The molecular formula is C54H34N4S. The van der Waals surface area contributed by atoms with Gasteiger partial charge in [-0.25, -0.2) is 9.97 Å². The van der Waals surface area contributed by atoms with E-state index in [2.05, 4.69) is 216 Å². The number of hydrogen-bond acceptors (Lipinski definition) is 4. The van der Waals surface area contributed by atoms with E-state index >= 15 is 0 Å². The Kier molecular flexibility index (Phi) is 7.75. The first-order chi connectivity index (χ1) is 29.3. The normalized spacial score (nSPS) is 12.3. The van der Waals surface area contributed by atoms with Crippen molar-refractivity contribution in [3.63, 3.8) is 0 Å². The number of rotatable bonds is 5. The Labute approximate surface area is 345 Å². The Morgan fingerprint density at radius 1 is 0.424 bits per heavy atom. The van der Waals surface area contributed by atoms with Crippen molar-refractivity contribution in [2.75, 3.05) is 4.90 Å². The average molecular weight is 771 g/mol. The van der Waals surface area contributed by atoms with E-state index in [1.165, 1.54) is 53.8 Å². The van der Waals surface area contributed by atoms with Crippen molar-refractivity contribution in [2.24, 2.45) is 0 Å². The second kappa shape index (κ2) is 13.6. The highest BCUT2D eigenvalue weighted by molar-refractivity contribution is 7.99. The number of hydrogen-bond donors (Lipinski definition) is 0. The Morgan fingerprint density at radius 2 is 1.08 bits per heavy atom. The first-order valence-electron chi connectivity index (χ1n) is 19.9. The molecule has 0 N–H and O–H groups in total. The highest BCUT2D eigenvalue weighted by Gasteiger charge is 2.27. The number of aromatic nitrogens is 3. The number of anilines is 3. The molecule has 59 heavy (non-hydrogen) atoms. The highest BCUT2D eigenvalue weighted by Crippen LogP contribution is 2.52. The largest absolute Gasteiger partial charge is 0.308 e. The van der Waals surface area contributed by atoms with Crippen molar-refractivity contribution < 1.29 is 0 Å². The maximum Gasteiger partial charge on any atom is 0.235 e. The van der Waals surface area contributed by atoms with Crippen LogP contribution in [0, 0.1) is 0 Å². The van der Waals surface area contributed by atoms with Crippen molar-refractivity contribution in [3.05, 3.63) is 206 Å². The van der Waals surface area contributed by atoms with Gasteiger partial charge in [0.15, 0.2) is 0 Å². The van der Waals surface area contributed by atoms with Gasteiger partial charge in [-0.15, -0.1) is 0 Å².